The highest BCUT2D eigenvalue weighted by molar-refractivity contribution is 5.97. The van der Waals surface area contributed by atoms with Crippen molar-refractivity contribution in [3.8, 4) is 11.6 Å². The van der Waals surface area contributed by atoms with Crippen molar-refractivity contribution in [2.45, 2.75) is 18.6 Å². The Hall–Kier alpha value is -3.69. The maximum absolute atomic E-state index is 12.6. The topological polar surface area (TPSA) is 90.4 Å². The Bertz CT molecular complexity index is 1120. The third-order valence-corrected chi connectivity index (χ3v) is 4.42. The number of carbonyl (C=O) groups is 2. The molecule has 30 heavy (non-hydrogen) atoms. The molecule has 0 radical (unpaired) electrons. The molecule has 1 aliphatic heterocycles. The molecule has 1 aliphatic rings. The monoisotopic (exact) mass is 417 g/mol. The lowest BCUT2D eigenvalue weighted by Gasteiger charge is -2.10. The highest BCUT2D eigenvalue weighted by atomic mass is 19.4. The van der Waals surface area contributed by atoms with Gasteiger partial charge in [-0.15, -0.1) is 0 Å². The molecule has 1 fully saturated rings. The summed E-state index contributed by atoms with van der Waals surface area (Å²) in [5, 5.41) is 3.23. The standard InChI is InChI=1S/C20H14F3N3O4/c21-20(22,23)12-2-6-17(24-10-12)30-13-3-5-14-11(9-13)1-4-15(25-14)18(27)26-16-7-8-29-19(16)28/h1-6,9-10,16H,7-8H2,(H,26,27)/t16-/m1/s1. The number of benzene rings is 1. The summed E-state index contributed by atoms with van der Waals surface area (Å²) in [6.45, 7) is 0.269. The van der Waals surface area contributed by atoms with Crippen LogP contribution in [0.1, 0.15) is 22.5 Å². The van der Waals surface area contributed by atoms with E-state index >= 15 is 0 Å². The van der Waals surface area contributed by atoms with E-state index in [0.717, 1.165) is 12.1 Å². The first kappa shape index (κ1) is 19.6. The Morgan fingerprint density at radius 2 is 2.00 bits per heavy atom. The maximum Gasteiger partial charge on any atom is 0.417 e. The van der Waals surface area contributed by atoms with Crippen molar-refractivity contribution < 1.29 is 32.2 Å². The van der Waals surface area contributed by atoms with Gasteiger partial charge in [-0.2, -0.15) is 13.2 Å². The summed E-state index contributed by atoms with van der Waals surface area (Å²) in [6, 6.07) is 9.28. The number of cyclic esters (lactones) is 1. The number of alkyl halides is 3. The third kappa shape index (κ3) is 4.17. The number of esters is 1. The van der Waals surface area contributed by atoms with Gasteiger partial charge in [-0.25, -0.2) is 14.8 Å². The molecule has 0 bridgehead atoms. The van der Waals surface area contributed by atoms with E-state index in [9.17, 15) is 22.8 Å². The van der Waals surface area contributed by atoms with Crippen LogP contribution < -0.4 is 10.1 Å². The van der Waals surface area contributed by atoms with Gasteiger partial charge in [0.15, 0.2) is 0 Å². The van der Waals surface area contributed by atoms with E-state index in [-0.39, 0.29) is 18.2 Å². The zero-order valence-electron chi connectivity index (χ0n) is 15.3. The minimum Gasteiger partial charge on any atom is -0.464 e. The van der Waals surface area contributed by atoms with Crippen LogP contribution in [0, 0.1) is 0 Å². The van der Waals surface area contributed by atoms with Crippen molar-refractivity contribution in [2.24, 2.45) is 0 Å². The van der Waals surface area contributed by atoms with E-state index in [2.05, 4.69) is 15.3 Å². The fourth-order valence-corrected chi connectivity index (χ4v) is 2.88. The molecule has 0 unspecified atom stereocenters. The van der Waals surface area contributed by atoms with Gasteiger partial charge in [0.1, 0.15) is 17.5 Å². The molecular weight excluding hydrogens is 403 g/mol. The molecule has 154 valence electrons. The lowest BCUT2D eigenvalue weighted by molar-refractivity contribution is -0.139. The van der Waals surface area contributed by atoms with Gasteiger partial charge in [0.25, 0.3) is 5.91 Å². The Morgan fingerprint density at radius 3 is 2.67 bits per heavy atom. The van der Waals surface area contributed by atoms with Crippen molar-refractivity contribution in [2.75, 3.05) is 6.61 Å². The summed E-state index contributed by atoms with van der Waals surface area (Å²) in [5.74, 6) is -0.602. The average Bonchev–Trinajstić information content (AvgIpc) is 3.11. The molecule has 10 heteroatoms. The van der Waals surface area contributed by atoms with Gasteiger partial charge >= 0.3 is 12.1 Å². The fourth-order valence-electron chi connectivity index (χ4n) is 2.88. The van der Waals surface area contributed by atoms with E-state index in [0.29, 0.717) is 29.3 Å². The Balaban J connectivity index is 1.49. The molecule has 1 amide bonds. The molecule has 1 saturated heterocycles. The normalized spacial score (nSPS) is 16.4. The molecule has 0 aliphatic carbocycles. The molecule has 3 heterocycles. The van der Waals surface area contributed by atoms with Crippen LogP contribution in [0.5, 0.6) is 11.6 Å². The van der Waals surface area contributed by atoms with Crippen LogP contribution in [0.25, 0.3) is 10.9 Å². The minimum absolute atomic E-state index is 0.00903. The molecule has 1 aromatic carbocycles. The number of nitrogens with one attached hydrogen (secondary N) is 1. The summed E-state index contributed by atoms with van der Waals surface area (Å²) in [5.41, 5.74) is -0.223. The SMILES string of the molecule is O=C(N[C@@H]1CCOC1=O)c1ccc2cc(Oc3ccc(C(F)(F)F)cn3)ccc2n1. The van der Waals surface area contributed by atoms with Crippen LogP contribution in [-0.2, 0) is 15.7 Å². The summed E-state index contributed by atoms with van der Waals surface area (Å²) in [7, 11) is 0. The molecule has 1 N–H and O–H groups in total. The summed E-state index contributed by atoms with van der Waals surface area (Å²) in [4.78, 5) is 31.7. The van der Waals surface area contributed by atoms with Gasteiger partial charge in [-0.1, -0.05) is 6.07 Å². The number of halogens is 3. The number of hydrogen-bond donors (Lipinski definition) is 1. The second-order valence-electron chi connectivity index (χ2n) is 6.52. The van der Waals surface area contributed by atoms with Crippen LogP contribution in [0.2, 0.25) is 0 Å². The van der Waals surface area contributed by atoms with E-state index in [1.54, 1.807) is 24.3 Å². The lowest BCUT2D eigenvalue weighted by Crippen LogP contribution is -2.38. The number of fused-ring (bicyclic) bond motifs is 1. The van der Waals surface area contributed by atoms with Crippen molar-refractivity contribution in [3.63, 3.8) is 0 Å². The first-order valence-electron chi connectivity index (χ1n) is 8.89. The average molecular weight is 417 g/mol. The number of aromatic nitrogens is 2. The Labute approximate surface area is 167 Å². The van der Waals surface area contributed by atoms with Gasteiger partial charge < -0.3 is 14.8 Å². The van der Waals surface area contributed by atoms with Gasteiger partial charge in [-0.3, -0.25) is 4.79 Å². The van der Waals surface area contributed by atoms with E-state index < -0.39 is 29.7 Å². The number of rotatable bonds is 4. The first-order chi connectivity index (χ1) is 14.3. The number of hydrogen-bond acceptors (Lipinski definition) is 6. The molecule has 0 spiro atoms. The van der Waals surface area contributed by atoms with Gasteiger partial charge in [0, 0.05) is 24.1 Å². The largest absolute Gasteiger partial charge is 0.464 e. The highest BCUT2D eigenvalue weighted by Crippen LogP contribution is 2.30. The lowest BCUT2D eigenvalue weighted by atomic mass is 10.2. The minimum atomic E-state index is -4.47. The van der Waals surface area contributed by atoms with E-state index in [1.165, 1.54) is 6.07 Å². The van der Waals surface area contributed by atoms with Crippen molar-refractivity contribution >= 4 is 22.8 Å². The second kappa shape index (κ2) is 7.62. The van der Waals surface area contributed by atoms with Crippen molar-refractivity contribution in [3.05, 3.63) is 59.9 Å². The van der Waals surface area contributed by atoms with Crippen LogP contribution in [0.3, 0.4) is 0 Å². The number of carbonyl (C=O) groups excluding carboxylic acids is 2. The first-order valence-corrected chi connectivity index (χ1v) is 8.89. The number of pyridine rings is 2. The number of amides is 1. The number of ether oxygens (including phenoxy) is 2. The summed E-state index contributed by atoms with van der Waals surface area (Å²) in [6.07, 6.45) is -3.36. The molecular formula is C20H14F3N3O4. The predicted molar refractivity (Wildman–Crippen MR) is 97.9 cm³/mol. The van der Waals surface area contributed by atoms with Crippen molar-refractivity contribution in [1.29, 1.82) is 0 Å². The molecule has 0 saturated carbocycles. The molecule has 1 atom stereocenters. The van der Waals surface area contributed by atoms with Crippen molar-refractivity contribution in [1.82, 2.24) is 15.3 Å². The quantitative estimate of drug-likeness (QED) is 0.654. The Morgan fingerprint density at radius 1 is 1.17 bits per heavy atom. The molecule has 7 nitrogen and oxygen atoms in total. The summed E-state index contributed by atoms with van der Waals surface area (Å²) < 4.78 is 48.1. The van der Waals surface area contributed by atoms with Crippen LogP contribution >= 0.6 is 0 Å². The van der Waals surface area contributed by atoms with Gasteiger partial charge in [-0.05, 0) is 30.3 Å². The van der Waals surface area contributed by atoms with E-state index in [1.807, 2.05) is 0 Å². The second-order valence-corrected chi connectivity index (χ2v) is 6.52. The number of nitrogens with zero attached hydrogens (tertiary/aromatic N) is 2. The highest BCUT2D eigenvalue weighted by Gasteiger charge is 2.31. The molecule has 3 aromatic rings. The van der Waals surface area contributed by atoms with Gasteiger partial charge in [0.2, 0.25) is 5.88 Å². The third-order valence-electron chi connectivity index (χ3n) is 4.42. The molecule has 2 aromatic heterocycles. The smallest absolute Gasteiger partial charge is 0.417 e. The van der Waals surface area contributed by atoms with Crippen LogP contribution in [0.4, 0.5) is 13.2 Å². The van der Waals surface area contributed by atoms with Crippen LogP contribution in [0.15, 0.2) is 48.7 Å². The maximum atomic E-state index is 12.6. The molecule has 4 rings (SSSR count). The zero-order valence-corrected chi connectivity index (χ0v) is 15.3. The predicted octanol–water partition coefficient (Wildman–Crippen LogP) is 3.49. The zero-order chi connectivity index (χ0) is 21.3. The Kier molecular flexibility index (Phi) is 4.98. The van der Waals surface area contributed by atoms with E-state index in [4.69, 9.17) is 9.47 Å². The summed E-state index contributed by atoms with van der Waals surface area (Å²) >= 11 is 0. The fraction of sp³-hybridized carbons (Fsp3) is 0.200. The van der Waals surface area contributed by atoms with Crippen LogP contribution in [-0.4, -0.2) is 34.5 Å². The van der Waals surface area contributed by atoms with Gasteiger partial charge in [0.05, 0.1) is 17.7 Å².